The Hall–Kier alpha value is -2.08. The number of carbonyl (C=O) groups excluding carboxylic acids is 1. The Morgan fingerprint density at radius 2 is 2.41 bits per heavy atom. The maximum absolute atomic E-state index is 11.1. The molecule has 0 fully saturated rings. The van der Waals surface area contributed by atoms with Crippen LogP contribution >= 0.6 is 11.6 Å². The molecule has 2 rings (SSSR count). The largest absolute Gasteiger partial charge is 0.271 e. The van der Waals surface area contributed by atoms with Crippen molar-refractivity contribution in [3.8, 4) is 0 Å². The Kier molecular flexibility index (Phi) is 3.56. The molecular formula is C10H8ClN5O. The van der Waals surface area contributed by atoms with Crippen LogP contribution in [-0.2, 0) is 4.79 Å². The van der Waals surface area contributed by atoms with E-state index in [2.05, 4.69) is 25.7 Å². The smallest absolute Gasteiger partial charge is 0.264 e. The topological polar surface area (TPSA) is 79.1 Å². The zero-order chi connectivity index (χ0) is 12.1. The standard InChI is InChI=1S/C10H8ClN5O/c11-9-8(6-14-16-10(9)17)15-13-5-7-2-1-3-12-4-7/h1-6,9H,(H,16,17)/b13-5-,15-8+. The molecule has 7 heteroatoms. The van der Waals surface area contributed by atoms with Gasteiger partial charge in [0.05, 0.1) is 12.4 Å². The highest BCUT2D eigenvalue weighted by molar-refractivity contribution is 6.54. The van der Waals surface area contributed by atoms with Gasteiger partial charge in [-0.2, -0.15) is 15.3 Å². The van der Waals surface area contributed by atoms with E-state index in [4.69, 9.17) is 11.6 Å². The molecule has 1 atom stereocenters. The van der Waals surface area contributed by atoms with Crippen molar-refractivity contribution >= 4 is 35.6 Å². The van der Waals surface area contributed by atoms with Gasteiger partial charge in [-0.3, -0.25) is 9.78 Å². The second-order valence-electron chi connectivity index (χ2n) is 3.15. The molecule has 86 valence electrons. The number of hydrogen-bond donors (Lipinski definition) is 1. The summed E-state index contributed by atoms with van der Waals surface area (Å²) in [4.78, 5) is 15.1. The van der Waals surface area contributed by atoms with Gasteiger partial charge in [-0.1, -0.05) is 6.07 Å². The van der Waals surface area contributed by atoms with Crippen LogP contribution < -0.4 is 5.43 Å². The normalized spacial score (nSPS) is 22.1. The number of rotatable bonds is 2. The highest BCUT2D eigenvalue weighted by Gasteiger charge is 2.23. The fourth-order valence-electron chi connectivity index (χ4n) is 1.11. The molecule has 0 spiro atoms. The van der Waals surface area contributed by atoms with Crippen LogP contribution in [0.2, 0.25) is 0 Å². The van der Waals surface area contributed by atoms with Crippen LogP contribution in [0.15, 0.2) is 39.8 Å². The minimum atomic E-state index is -0.862. The molecule has 0 aromatic carbocycles. The predicted octanol–water partition coefficient (Wildman–Crippen LogP) is 0.579. The van der Waals surface area contributed by atoms with E-state index < -0.39 is 11.3 Å². The highest BCUT2D eigenvalue weighted by Crippen LogP contribution is 2.02. The van der Waals surface area contributed by atoms with Crippen LogP contribution in [-0.4, -0.2) is 34.4 Å². The van der Waals surface area contributed by atoms with E-state index in [1.165, 1.54) is 12.4 Å². The molecule has 1 amide bonds. The van der Waals surface area contributed by atoms with E-state index in [-0.39, 0.29) is 0 Å². The number of carbonyl (C=O) groups is 1. The van der Waals surface area contributed by atoms with Gasteiger partial charge in [0.2, 0.25) is 0 Å². The van der Waals surface area contributed by atoms with Crippen molar-refractivity contribution in [2.75, 3.05) is 0 Å². The van der Waals surface area contributed by atoms with E-state index in [1.54, 1.807) is 18.5 Å². The molecule has 6 nitrogen and oxygen atoms in total. The Morgan fingerprint density at radius 3 is 3.18 bits per heavy atom. The van der Waals surface area contributed by atoms with Gasteiger partial charge in [0, 0.05) is 18.0 Å². The van der Waals surface area contributed by atoms with Crippen molar-refractivity contribution in [2.45, 2.75) is 5.38 Å². The molecule has 1 N–H and O–H groups in total. The molecule has 2 heterocycles. The maximum atomic E-state index is 11.1. The van der Waals surface area contributed by atoms with E-state index in [9.17, 15) is 4.79 Å². The Morgan fingerprint density at radius 1 is 1.53 bits per heavy atom. The number of amides is 1. The van der Waals surface area contributed by atoms with E-state index in [0.29, 0.717) is 5.71 Å². The van der Waals surface area contributed by atoms with Crippen molar-refractivity contribution in [3.05, 3.63) is 30.1 Å². The average Bonchev–Trinajstić information content (AvgIpc) is 2.36. The number of hydrogen-bond acceptors (Lipinski definition) is 5. The van der Waals surface area contributed by atoms with Crippen molar-refractivity contribution < 1.29 is 4.79 Å². The lowest BCUT2D eigenvalue weighted by molar-refractivity contribution is -0.119. The van der Waals surface area contributed by atoms with Crippen molar-refractivity contribution in [1.82, 2.24) is 10.4 Å². The van der Waals surface area contributed by atoms with Crippen LogP contribution in [0.1, 0.15) is 5.56 Å². The van der Waals surface area contributed by atoms with Crippen LogP contribution in [0.25, 0.3) is 0 Å². The number of nitrogens with one attached hydrogen (secondary N) is 1. The summed E-state index contributed by atoms with van der Waals surface area (Å²) in [5.41, 5.74) is 3.33. The molecule has 1 aromatic heterocycles. The molecule has 0 bridgehead atoms. The number of nitrogens with zero attached hydrogens (tertiary/aromatic N) is 4. The monoisotopic (exact) mass is 249 g/mol. The third kappa shape index (κ3) is 2.94. The lowest BCUT2D eigenvalue weighted by Gasteiger charge is -2.10. The molecule has 17 heavy (non-hydrogen) atoms. The zero-order valence-corrected chi connectivity index (χ0v) is 9.37. The molecule has 1 unspecified atom stereocenters. The SMILES string of the molecule is O=C1NN=C/C(=N\N=C/c2cccnc2)C1Cl. The third-order valence-corrected chi connectivity index (χ3v) is 2.35. The zero-order valence-electron chi connectivity index (χ0n) is 8.62. The van der Waals surface area contributed by atoms with Gasteiger partial charge in [0.1, 0.15) is 5.71 Å². The Balaban J connectivity index is 2.11. The van der Waals surface area contributed by atoms with Gasteiger partial charge in [-0.15, -0.1) is 11.6 Å². The average molecular weight is 250 g/mol. The Bertz CT molecular complexity index is 497. The summed E-state index contributed by atoms with van der Waals surface area (Å²) in [6, 6.07) is 3.62. The first-order valence-corrected chi connectivity index (χ1v) is 5.19. The molecule has 1 aliphatic heterocycles. The van der Waals surface area contributed by atoms with Crippen molar-refractivity contribution in [2.24, 2.45) is 15.3 Å². The molecular weight excluding hydrogens is 242 g/mol. The van der Waals surface area contributed by atoms with Crippen LogP contribution in [0.3, 0.4) is 0 Å². The van der Waals surface area contributed by atoms with Gasteiger partial charge in [0.25, 0.3) is 5.91 Å². The summed E-state index contributed by atoms with van der Waals surface area (Å²) in [7, 11) is 0. The molecule has 0 radical (unpaired) electrons. The van der Waals surface area contributed by atoms with Gasteiger partial charge < -0.3 is 0 Å². The summed E-state index contributed by atoms with van der Waals surface area (Å²) in [6.45, 7) is 0. The molecule has 1 aliphatic rings. The van der Waals surface area contributed by atoms with Crippen LogP contribution in [0.5, 0.6) is 0 Å². The van der Waals surface area contributed by atoms with E-state index >= 15 is 0 Å². The van der Waals surface area contributed by atoms with E-state index in [0.717, 1.165) is 5.56 Å². The first-order chi connectivity index (χ1) is 8.27. The van der Waals surface area contributed by atoms with Crippen LogP contribution in [0.4, 0.5) is 0 Å². The second-order valence-corrected chi connectivity index (χ2v) is 3.59. The number of hydrazone groups is 1. The number of aromatic nitrogens is 1. The third-order valence-electron chi connectivity index (χ3n) is 1.93. The van der Waals surface area contributed by atoms with Gasteiger partial charge >= 0.3 is 0 Å². The minimum absolute atomic E-state index is 0.301. The predicted molar refractivity (Wildman–Crippen MR) is 65.5 cm³/mol. The maximum Gasteiger partial charge on any atom is 0.264 e. The molecule has 0 aliphatic carbocycles. The van der Waals surface area contributed by atoms with Gasteiger partial charge in [-0.25, -0.2) is 5.43 Å². The fraction of sp³-hybridized carbons (Fsp3) is 0.100. The van der Waals surface area contributed by atoms with Crippen LogP contribution in [0, 0.1) is 0 Å². The lowest BCUT2D eigenvalue weighted by atomic mass is 10.2. The summed E-state index contributed by atoms with van der Waals surface area (Å²) in [5, 5.41) is 10.4. The minimum Gasteiger partial charge on any atom is -0.271 e. The summed E-state index contributed by atoms with van der Waals surface area (Å²) < 4.78 is 0. The molecule has 0 saturated heterocycles. The van der Waals surface area contributed by atoms with Crippen molar-refractivity contribution in [1.29, 1.82) is 0 Å². The summed E-state index contributed by atoms with van der Waals surface area (Å²) >= 11 is 5.79. The van der Waals surface area contributed by atoms with Crippen molar-refractivity contribution in [3.63, 3.8) is 0 Å². The Labute approximate surface area is 102 Å². The summed E-state index contributed by atoms with van der Waals surface area (Å²) in [5.74, 6) is -0.413. The fourth-order valence-corrected chi connectivity index (χ4v) is 1.26. The first-order valence-electron chi connectivity index (χ1n) is 4.75. The van der Waals surface area contributed by atoms with Gasteiger partial charge in [-0.05, 0) is 6.07 Å². The van der Waals surface area contributed by atoms with E-state index in [1.807, 2.05) is 6.07 Å². The van der Waals surface area contributed by atoms with Gasteiger partial charge in [0.15, 0.2) is 5.38 Å². The summed E-state index contributed by atoms with van der Waals surface area (Å²) in [6.07, 6.45) is 6.18. The highest BCUT2D eigenvalue weighted by atomic mass is 35.5. The number of pyridine rings is 1. The molecule has 1 aromatic rings. The lowest BCUT2D eigenvalue weighted by Crippen LogP contribution is -2.38. The molecule has 0 saturated carbocycles. The quantitative estimate of drug-likeness (QED) is 0.473. The number of alkyl halides is 1. The number of halogens is 1. The first kappa shape index (κ1) is 11.4. The second kappa shape index (κ2) is 5.31.